The third kappa shape index (κ3) is 3.30. The summed E-state index contributed by atoms with van der Waals surface area (Å²) in [5.41, 5.74) is 3.75. The van der Waals surface area contributed by atoms with Gasteiger partial charge in [0, 0.05) is 34.2 Å². The van der Waals surface area contributed by atoms with Crippen molar-refractivity contribution in [1.29, 1.82) is 0 Å². The van der Waals surface area contributed by atoms with E-state index in [2.05, 4.69) is 31.9 Å². The number of hydrazone groups is 1. The highest BCUT2D eigenvalue weighted by Crippen LogP contribution is 2.51. The highest BCUT2D eigenvalue weighted by Gasteiger charge is 2.42. The van der Waals surface area contributed by atoms with Gasteiger partial charge in [-0.3, -0.25) is 10.1 Å². The molecule has 2 aliphatic rings. The van der Waals surface area contributed by atoms with Gasteiger partial charge in [0.2, 0.25) is 6.23 Å². The van der Waals surface area contributed by atoms with Gasteiger partial charge in [-0.1, -0.05) is 58.4 Å². The number of nitro groups is 1. The van der Waals surface area contributed by atoms with Gasteiger partial charge in [-0.2, -0.15) is 5.10 Å². The maximum absolute atomic E-state index is 11.3. The van der Waals surface area contributed by atoms with Crippen molar-refractivity contribution in [2.45, 2.75) is 18.7 Å². The fraction of sp³-hybridized carbons (Fsp3) is 0.136. The second kappa shape index (κ2) is 7.52. The van der Waals surface area contributed by atoms with Crippen molar-refractivity contribution in [2.24, 2.45) is 5.10 Å². The lowest BCUT2D eigenvalue weighted by Gasteiger charge is -2.38. The van der Waals surface area contributed by atoms with Crippen LogP contribution in [0.1, 0.15) is 35.4 Å². The number of fused-ring (bicyclic) bond motifs is 3. The maximum atomic E-state index is 11.3. The molecule has 0 unspecified atom stereocenters. The standard InChI is InChI=1S/C22H15Br2N3O3/c23-15-10-17-20-12-19(13-5-2-1-3-6-13)25-26(20)22(30-21(17)18(24)11-15)14-7-4-8-16(9-14)27(28)29/h1-11,20,22H,12H2/t20-,22+/m0/s1. The van der Waals surface area contributed by atoms with E-state index in [0.717, 1.165) is 31.5 Å². The number of hydrogen-bond donors (Lipinski definition) is 0. The molecule has 0 N–H and O–H groups in total. The zero-order valence-electron chi connectivity index (χ0n) is 15.5. The summed E-state index contributed by atoms with van der Waals surface area (Å²) in [7, 11) is 0. The Morgan fingerprint density at radius 2 is 1.87 bits per heavy atom. The molecule has 0 amide bonds. The quantitative estimate of drug-likeness (QED) is 0.293. The van der Waals surface area contributed by atoms with E-state index in [1.54, 1.807) is 12.1 Å². The summed E-state index contributed by atoms with van der Waals surface area (Å²) in [6.45, 7) is 0. The largest absolute Gasteiger partial charge is 0.463 e. The highest BCUT2D eigenvalue weighted by molar-refractivity contribution is 9.11. The van der Waals surface area contributed by atoms with Gasteiger partial charge in [0.1, 0.15) is 5.75 Å². The van der Waals surface area contributed by atoms with Crippen LogP contribution in [-0.2, 0) is 0 Å². The number of nitrogens with zero attached hydrogens (tertiary/aromatic N) is 3. The first kappa shape index (κ1) is 19.3. The van der Waals surface area contributed by atoms with Crippen LogP contribution in [0.2, 0.25) is 0 Å². The van der Waals surface area contributed by atoms with Crippen LogP contribution >= 0.6 is 31.9 Å². The number of nitro benzene ring substituents is 1. The number of halogens is 2. The molecule has 0 spiro atoms. The number of ether oxygens (including phenoxy) is 1. The van der Waals surface area contributed by atoms with Gasteiger partial charge in [-0.15, -0.1) is 0 Å². The first-order valence-electron chi connectivity index (χ1n) is 9.32. The molecule has 2 heterocycles. The molecular formula is C22H15Br2N3O3. The van der Waals surface area contributed by atoms with Crippen molar-refractivity contribution >= 4 is 43.3 Å². The molecular weight excluding hydrogens is 514 g/mol. The summed E-state index contributed by atoms with van der Waals surface area (Å²) >= 11 is 7.18. The van der Waals surface area contributed by atoms with E-state index < -0.39 is 11.2 Å². The molecule has 30 heavy (non-hydrogen) atoms. The first-order chi connectivity index (χ1) is 14.5. The predicted molar refractivity (Wildman–Crippen MR) is 120 cm³/mol. The Morgan fingerprint density at radius 3 is 2.63 bits per heavy atom. The molecule has 0 aromatic heterocycles. The topological polar surface area (TPSA) is 68.0 Å². The van der Waals surface area contributed by atoms with Crippen molar-refractivity contribution in [3.05, 3.63) is 102 Å². The van der Waals surface area contributed by atoms with Crippen LogP contribution in [0.25, 0.3) is 0 Å². The average molecular weight is 529 g/mol. The molecule has 6 nitrogen and oxygen atoms in total. The molecule has 150 valence electrons. The monoisotopic (exact) mass is 527 g/mol. The summed E-state index contributed by atoms with van der Waals surface area (Å²) in [4.78, 5) is 10.9. The number of rotatable bonds is 3. The minimum Gasteiger partial charge on any atom is -0.463 e. The molecule has 3 aromatic carbocycles. The highest BCUT2D eigenvalue weighted by atomic mass is 79.9. The Morgan fingerprint density at radius 1 is 1.07 bits per heavy atom. The van der Waals surface area contributed by atoms with Gasteiger partial charge >= 0.3 is 0 Å². The predicted octanol–water partition coefficient (Wildman–Crippen LogP) is 6.36. The normalized spacial score (nSPS) is 19.5. The lowest BCUT2D eigenvalue weighted by atomic mass is 9.96. The molecule has 0 saturated heterocycles. The maximum Gasteiger partial charge on any atom is 0.269 e. The van der Waals surface area contributed by atoms with Gasteiger partial charge in [-0.05, 0) is 33.6 Å². The van der Waals surface area contributed by atoms with Crippen LogP contribution in [0.3, 0.4) is 0 Å². The van der Waals surface area contributed by atoms with E-state index in [4.69, 9.17) is 9.84 Å². The number of hydrogen-bond acceptors (Lipinski definition) is 5. The lowest BCUT2D eigenvalue weighted by molar-refractivity contribution is -0.385. The zero-order valence-corrected chi connectivity index (χ0v) is 18.7. The van der Waals surface area contributed by atoms with Crippen molar-refractivity contribution in [1.82, 2.24) is 5.01 Å². The molecule has 0 aliphatic carbocycles. The molecule has 0 radical (unpaired) electrons. The van der Waals surface area contributed by atoms with Gasteiger partial charge < -0.3 is 4.74 Å². The molecule has 0 fully saturated rings. The SMILES string of the molecule is O=[N+]([O-])c1cccc([C@H]2Oc3c(Br)cc(Br)cc3[C@@H]3CC(c4ccccc4)=NN23)c1. The molecule has 3 aromatic rings. The summed E-state index contributed by atoms with van der Waals surface area (Å²) in [5, 5.41) is 18.1. The van der Waals surface area contributed by atoms with Crippen LogP contribution < -0.4 is 4.74 Å². The van der Waals surface area contributed by atoms with E-state index >= 15 is 0 Å². The Hall–Kier alpha value is -2.71. The van der Waals surface area contributed by atoms with Gasteiger partial charge in [0.15, 0.2) is 0 Å². The van der Waals surface area contributed by atoms with Gasteiger partial charge in [0.05, 0.1) is 21.1 Å². The smallest absolute Gasteiger partial charge is 0.269 e. The Bertz CT molecular complexity index is 1180. The molecule has 0 bridgehead atoms. The van der Waals surface area contributed by atoms with E-state index in [1.807, 2.05) is 53.5 Å². The van der Waals surface area contributed by atoms with Crippen molar-refractivity contribution in [2.75, 3.05) is 0 Å². The summed E-state index contributed by atoms with van der Waals surface area (Å²) in [6.07, 6.45) is 0.149. The Balaban J connectivity index is 1.64. The Kier molecular flexibility index (Phi) is 4.83. The minimum absolute atomic E-state index is 0.0276. The lowest BCUT2D eigenvalue weighted by Crippen LogP contribution is -2.34. The number of benzene rings is 3. The van der Waals surface area contributed by atoms with Crippen LogP contribution in [0.4, 0.5) is 5.69 Å². The van der Waals surface area contributed by atoms with Crippen molar-refractivity contribution in [3.8, 4) is 5.75 Å². The Labute approximate surface area is 189 Å². The van der Waals surface area contributed by atoms with Crippen molar-refractivity contribution in [3.63, 3.8) is 0 Å². The van der Waals surface area contributed by atoms with E-state index in [0.29, 0.717) is 12.0 Å². The average Bonchev–Trinajstić information content (AvgIpc) is 3.20. The molecule has 2 atom stereocenters. The zero-order chi connectivity index (χ0) is 20.8. The third-order valence-corrected chi connectivity index (χ3v) is 6.33. The van der Waals surface area contributed by atoms with Gasteiger partial charge in [0.25, 0.3) is 5.69 Å². The summed E-state index contributed by atoms with van der Waals surface area (Å²) in [6, 6.07) is 20.5. The van der Waals surface area contributed by atoms with Crippen LogP contribution in [0, 0.1) is 10.1 Å². The molecule has 8 heteroatoms. The van der Waals surface area contributed by atoms with E-state index in [-0.39, 0.29) is 11.7 Å². The molecule has 5 rings (SSSR count). The van der Waals surface area contributed by atoms with Crippen molar-refractivity contribution < 1.29 is 9.66 Å². The van der Waals surface area contributed by atoms with Crippen LogP contribution in [0.5, 0.6) is 5.75 Å². The van der Waals surface area contributed by atoms with E-state index in [9.17, 15) is 10.1 Å². The fourth-order valence-electron chi connectivity index (χ4n) is 3.93. The van der Waals surface area contributed by atoms with Crippen LogP contribution in [0.15, 0.2) is 80.8 Å². The van der Waals surface area contributed by atoms with Gasteiger partial charge in [-0.25, -0.2) is 5.01 Å². The summed E-state index contributed by atoms with van der Waals surface area (Å²) < 4.78 is 8.14. The molecule has 0 saturated carbocycles. The number of non-ortho nitro benzene ring substituents is 1. The summed E-state index contributed by atoms with van der Waals surface area (Å²) in [5.74, 6) is 0.737. The second-order valence-electron chi connectivity index (χ2n) is 7.14. The third-order valence-electron chi connectivity index (χ3n) is 5.28. The first-order valence-corrected chi connectivity index (χ1v) is 10.9. The fourth-order valence-corrected chi connectivity index (χ4v) is 5.28. The van der Waals surface area contributed by atoms with Crippen LogP contribution in [-0.4, -0.2) is 15.6 Å². The molecule has 2 aliphatic heterocycles. The second-order valence-corrected chi connectivity index (χ2v) is 8.91. The van der Waals surface area contributed by atoms with E-state index in [1.165, 1.54) is 6.07 Å². The minimum atomic E-state index is -0.568.